The van der Waals surface area contributed by atoms with E-state index in [0.717, 1.165) is 25.0 Å². The van der Waals surface area contributed by atoms with Crippen LogP contribution in [0.3, 0.4) is 0 Å². The quantitative estimate of drug-likeness (QED) is 0.839. The molecule has 1 aromatic heterocycles. The Bertz CT molecular complexity index is 464. The zero-order valence-corrected chi connectivity index (χ0v) is 12.6. The number of aryl methyl sites for hydroxylation is 2. The van der Waals surface area contributed by atoms with E-state index >= 15 is 0 Å². The van der Waals surface area contributed by atoms with Crippen molar-refractivity contribution < 1.29 is 4.79 Å². The second kappa shape index (κ2) is 6.85. The van der Waals surface area contributed by atoms with Crippen LogP contribution in [-0.2, 0) is 11.2 Å². The van der Waals surface area contributed by atoms with Gasteiger partial charge in [0.25, 0.3) is 0 Å². The minimum absolute atomic E-state index is 0.145. The first-order chi connectivity index (χ1) is 9.16. The van der Waals surface area contributed by atoms with Crippen molar-refractivity contribution in [1.82, 2.24) is 10.3 Å². The van der Waals surface area contributed by atoms with E-state index in [1.807, 2.05) is 12.4 Å². The van der Waals surface area contributed by atoms with Crippen molar-refractivity contribution in [2.24, 2.45) is 0 Å². The minimum atomic E-state index is 0.145. The van der Waals surface area contributed by atoms with Gasteiger partial charge in [0.1, 0.15) is 0 Å². The van der Waals surface area contributed by atoms with Gasteiger partial charge in [0.2, 0.25) is 5.91 Å². The Morgan fingerprint density at radius 1 is 1.53 bits per heavy atom. The molecule has 1 aliphatic rings. The molecular weight excluding hydrogens is 256 g/mol. The lowest BCUT2D eigenvalue weighted by molar-refractivity contribution is -0.121. The molecule has 1 heterocycles. The van der Waals surface area contributed by atoms with Crippen LogP contribution in [0, 0.1) is 6.92 Å². The van der Waals surface area contributed by atoms with Crippen LogP contribution in [0.25, 0.3) is 0 Å². The van der Waals surface area contributed by atoms with Crippen molar-refractivity contribution in [3.05, 3.63) is 27.7 Å². The van der Waals surface area contributed by atoms with Crippen molar-refractivity contribution in [2.75, 3.05) is 0 Å². The average Bonchev–Trinajstić information content (AvgIpc) is 2.83. The van der Waals surface area contributed by atoms with Gasteiger partial charge in [-0.15, -0.1) is 11.3 Å². The van der Waals surface area contributed by atoms with E-state index in [1.54, 1.807) is 11.3 Å². The standard InChI is InChI=1S/C15H22N2OS/c1-11(13-6-4-3-5-7-13)17-15(18)9-8-14-12(2)16-10-19-14/h6,10-11H,3-5,7-9H2,1-2H3,(H,17,18)/t11-/m0/s1. The smallest absolute Gasteiger partial charge is 0.220 e. The van der Waals surface area contributed by atoms with Gasteiger partial charge >= 0.3 is 0 Å². The van der Waals surface area contributed by atoms with E-state index in [0.29, 0.717) is 6.42 Å². The predicted octanol–water partition coefficient (Wildman–Crippen LogP) is 3.39. The fraction of sp³-hybridized carbons (Fsp3) is 0.600. The highest BCUT2D eigenvalue weighted by Gasteiger charge is 2.14. The number of nitrogens with one attached hydrogen (secondary N) is 1. The summed E-state index contributed by atoms with van der Waals surface area (Å²) < 4.78 is 0. The molecule has 1 amide bonds. The van der Waals surface area contributed by atoms with Gasteiger partial charge in [0.15, 0.2) is 0 Å². The largest absolute Gasteiger partial charge is 0.350 e. The molecule has 3 nitrogen and oxygen atoms in total. The predicted molar refractivity (Wildman–Crippen MR) is 79.3 cm³/mol. The molecule has 2 rings (SSSR count). The van der Waals surface area contributed by atoms with Crippen LogP contribution in [0.4, 0.5) is 0 Å². The average molecular weight is 278 g/mol. The van der Waals surface area contributed by atoms with Crippen LogP contribution in [0.15, 0.2) is 17.2 Å². The maximum Gasteiger partial charge on any atom is 0.220 e. The highest BCUT2D eigenvalue weighted by Crippen LogP contribution is 2.20. The Kier molecular flexibility index (Phi) is 5.14. The van der Waals surface area contributed by atoms with Gasteiger partial charge in [-0.3, -0.25) is 4.79 Å². The molecule has 1 N–H and O–H groups in total. The summed E-state index contributed by atoms with van der Waals surface area (Å²) in [5.41, 5.74) is 4.30. The van der Waals surface area contributed by atoms with Gasteiger partial charge in [0, 0.05) is 17.3 Å². The number of hydrogen-bond acceptors (Lipinski definition) is 3. The fourth-order valence-electron chi connectivity index (χ4n) is 2.46. The van der Waals surface area contributed by atoms with Crippen molar-refractivity contribution in [3.8, 4) is 0 Å². The summed E-state index contributed by atoms with van der Waals surface area (Å²) in [7, 11) is 0. The Balaban J connectivity index is 1.78. The summed E-state index contributed by atoms with van der Waals surface area (Å²) >= 11 is 1.64. The third-order valence-corrected chi connectivity index (χ3v) is 4.68. The van der Waals surface area contributed by atoms with Crippen LogP contribution >= 0.6 is 11.3 Å². The SMILES string of the molecule is Cc1ncsc1CCC(=O)N[C@@H](C)C1=CCCCC1. The zero-order valence-electron chi connectivity index (χ0n) is 11.7. The summed E-state index contributed by atoms with van der Waals surface area (Å²) in [6, 6.07) is 0.190. The number of hydrogen-bond donors (Lipinski definition) is 1. The molecule has 0 unspecified atom stereocenters. The van der Waals surface area contributed by atoms with Crippen molar-refractivity contribution in [1.29, 1.82) is 0 Å². The first kappa shape index (κ1) is 14.3. The number of nitrogens with zero attached hydrogens (tertiary/aromatic N) is 1. The number of rotatable bonds is 5. The molecule has 0 aromatic carbocycles. The highest BCUT2D eigenvalue weighted by molar-refractivity contribution is 7.09. The summed E-state index contributed by atoms with van der Waals surface area (Å²) in [5.74, 6) is 0.145. The monoisotopic (exact) mass is 278 g/mol. The van der Waals surface area contributed by atoms with E-state index in [1.165, 1.54) is 23.3 Å². The van der Waals surface area contributed by atoms with Gasteiger partial charge in [-0.1, -0.05) is 11.6 Å². The lowest BCUT2D eigenvalue weighted by Crippen LogP contribution is -2.34. The third kappa shape index (κ3) is 4.16. The highest BCUT2D eigenvalue weighted by atomic mass is 32.1. The molecule has 0 spiro atoms. The molecule has 4 heteroatoms. The van der Waals surface area contributed by atoms with E-state index in [-0.39, 0.29) is 11.9 Å². The Labute approximate surface area is 119 Å². The number of aromatic nitrogens is 1. The maximum absolute atomic E-state index is 11.9. The second-order valence-electron chi connectivity index (χ2n) is 5.17. The van der Waals surface area contributed by atoms with Crippen LogP contribution in [0.2, 0.25) is 0 Å². The number of thiazole rings is 1. The Morgan fingerprint density at radius 3 is 3.00 bits per heavy atom. The van der Waals surface area contributed by atoms with Crippen molar-refractivity contribution in [2.45, 2.75) is 58.4 Å². The van der Waals surface area contributed by atoms with Crippen molar-refractivity contribution in [3.63, 3.8) is 0 Å². The van der Waals surface area contributed by atoms with Crippen LogP contribution in [-0.4, -0.2) is 16.9 Å². The molecule has 0 aliphatic heterocycles. The van der Waals surface area contributed by atoms with Crippen molar-refractivity contribution >= 4 is 17.2 Å². The van der Waals surface area contributed by atoms with Gasteiger partial charge in [0.05, 0.1) is 11.2 Å². The van der Waals surface area contributed by atoms with Gasteiger partial charge in [-0.05, 0) is 46.0 Å². The van der Waals surface area contributed by atoms with E-state index in [9.17, 15) is 4.79 Å². The number of carbonyl (C=O) groups excluding carboxylic acids is 1. The molecule has 0 saturated carbocycles. The zero-order chi connectivity index (χ0) is 13.7. The first-order valence-electron chi connectivity index (χ1n) is 7.04. The molecule has 1 aliphatic carbocycles. The maximum atomic E-state index is 11.9. The molecule has 1 atom stereocenters. The molecule has 0 radical (unpaired) electrons. The topological polar surface area (TPSA) is 42.0 Å². The number of carbonyl (C=O) groups is 1. The summed E-state index contributed by atoms with van der Waals surface area (Å²) in [6.07, 6.45) is 8.49. The Morgan fingerprint density at radius 2 is 2.37 bits per heavy atom. The normalized spacial score (nSPS) is 16.8. The lowest BCUT2D eigenvalue weighted by atomic mass is 9.94. The molecule has 0 bridgehead atoms. The van der Waals surface area contributed by atoms with Gasteiger partial charge in [-0.2, -0.15) is 0 Å². The number of amides is 1. The lowest BCUT2D eigenvalue weighted by Gasteiger charge is -2.20. The molecule has 0 saturated heterocycles. The van der Waals surface area contributed by atoms with E-state index in [4.69, 9.17) is 0 Å². The number of allylic oxidation sites excluding steroid dienone is 1. The molecular formula is C15H22N2OS. The van der Waals surface area contributed by atoms with Gasteiger partial charge < -0.3 is 5.32 Å². The summed E-state index contributed by atoms with van der Waals surface area (Å²) in [4.78, 5) is 17.4. The van der Waals surface area contributed by atoms with E-state index < -0.39 is 0 Å². The van der Waals surface area contributed by atoms with Crippen LogP contribution in [0.1, 0.15) is 49.6 Å². The molecule has 0 fully saturated rings. The Hall–Kier alpha value is -1.16. The van der Waals surface area contributed by atoms with Crippen LogP contribution < -0.4 is 5.32 Å². The van der Waals surface area contributed by atoms with Gasteiger partial charge in [-0.25, -0.2) is 4.98 Å². The minimum Gasteiger partial charge on any atom is -0.350 e. The van der Waals surface area contributed by atoms with Crippen LogP contribution in [0.5, 0.6) is 0 Å². The first-order valence-corrected chi connectivity index (χ1v) is 7.92. The summed E-state index contributed by atoms with van der Waals surface area (Å²) in [5, 5.41) is 3.11. The molecule has 1 aromatic rings. The second-order valence-corrected chi connectivity index (χ2v) is 6.11. The fourth-order valence-corrected chi connectivity index (χ4v) is 3.24. The molecule has 19 heavy (non-hydrogen) atoms. The van der Waals surface area contributed by atoms with E-state index in [2.05, 4.69) is 23.3 Å². The molecule has 104 valence electrons. The summed E-state index contributed by atoms with van der Waals surface area (Å²) in [6.45, 7) is 4.09. The third-order valence-electron chi connectivity index (χ3n) is 3.68.